The molecule has 6 heteroatoms. The van der Waals surface area contributed by atoms with E-state index in [1.165, 1.54) is 5.56 Å². The molecule has 4 rings (SSSR count). The van der Waals surface area contributed by atoms with Gasteiger partial charge in [0.2, 0.25) is 5.91 Å². The summed E-state index contributed by atoms with van der Waals surface area (Å²) >= 11 is 0. The Kier molecular flexibility index (Phi) is 3.63. The predicted octanol–water partition coefficient (Wildman–Crippen LogP) is 2.13. The Bertz CT molecular complexity index is 810. The average molecular weight is 339 g/mol. The Morgan fingerprint density at radius 1 is 1.32 bits per heavy atom. The van der Waals surface area contributed by atoms with E-state index in [9.17, 15) is 14.7 Å². The standard InChI is InChI=1S/C19H21N3O3/c1-21-10-9-20-17(21)16-14(18(24)25)11-15(23)22(16)12-19(7-8-19)13-5-3-2-4-6-13/h2-6,9-10,14,16H,7-8,11-12H2,1H3,(H,24,25). The summed E-state index contributed by atoms with van der Waals surface area (Å²) in [5.41, 5.74) is 1.17. The summed E-state index contributed by atoms with van der Waals surface area (Å²) in [6.07, 6.45) is 5.52. The van der Waals surface area contributed by atoms with E-state index in [2.05, 4.69) is 17.1 Å². The Morgan fingerprint density at radius 2 is 2.04 bits per heavy atom. The highest BCUT2D eigenvalue weighted by Crippen LogP contribution is 2.51. The molecule has 2 unspecified atom stereocenters. The third kappa shape index (κ3) is 2.62. The molecule has 0 spiro atoms. The van der Waals surface area contributed by atoms with Crippen LogP contribution in [-0.4, -0.2) is 38.0 Å². The first kappa shape index (κ1) is 15.9. The number of carbonyl (C=O) groups excluding carboxylic acids is 1. The number of carbonyl (C=O) groups is 2. The van der Waals surface area contributed by atoms with Gasteiger partial charge in [-0.05, 0) is 18.4 Å². The smallest absolute Gasteiger partial charge is 0.309 e. The summed E-state index contributed by atoms with van der Waals surface area (Å²) in [4.78, 5) is 30.5. The van der Waals surface area contributed by atoms with Crippen molar-refractivity contribution in [3.63, 3.8) is 0 Å². The summed E-state index contributed by atoms with van der Waals surface area (Å²) in [5.74, 6) is -1.14. The van der Waals surface area contributed by atoms with Gasteiger partial charge in [0.25, 0.3) is 0 Å². The van der Waals surface area contributed by atoms with Gasteiger partial charge in [-0.25, -0.2) is 4.98 Å². The molecule has 6 nitrogen and oxygen atoms in total. The van der Waals surface area contributed by atoms with Crippen molar-refractivity contribution in [2.75, 3.05) is 6.54 Å². The van der Waals surface area contributed by atoms with Gasteiger partial charge in [-0.15, -0.1) is 0 Å². The van der Waals surface area contributed by atoms with Crippen LogP contribution < -0.4 is 0 Å². The molecule has 0 bridgehead atoms. The number of carboxylic acid groups (broad SMARTS) is 1. The van der Waals surface area contributed by atoms with Gasteiger partial charge >= 0.3 is 5.97 Å². The van der Waals surface area contributed by atoms with Crippen LogP contribution in [0.15, 0.2) is 42.7 Å². The average Bonchev–Trinajstić information content (AvgIpc) is 3.17. The minimum atomic E-state index is -0.937. The molecule has 1 N–H and O–H groups in total. The zero-order valence-electron chi connectivity index (χ0n) is 14.1. The van der Waals surface area contributed by atoms with Gasteiger partial charge in [0.05, 0.1) is 5.92 Å². The van der Waals surface area contributed by atoms with Crippen molar-refractivity contribution in [3.05, 3.63) is 54.1 Å². The van der Waals surface area contributed by atoms with Gasteiger partial charge < -0.3 is 14.6 Å². The number of hydrogen-bond acceptors (Lipinski definition) is 3. The monoisotopic (exact) mass is 339 g/mol. The minimum Gasteiger partial charge on any atom is -0.481 e. The maximum absolute atomic E-state index is 12.7. The molecule has 1 saturated carbocycles. The van der Waals surface area contributed by atoms with E-state index in [1.54, 1.807) is 17.3 Å². The van der Waals surface area contributed by atoms with Gasteiger partial charge in [-0.1, -0.05) is 30.3 Å². The van der Waals surface area contributed by atoms with Crippen LogP contribution in [0.2, 0.25) is 0 Å². The van der Waals surface area contributed by atoms with Gasteiger partial charge in [-0.2, -0.15) is 0 Å². The lowest BCUT2D eigenvalue weighted by Crippen LogP contribution is -2.38. The number of nitrogens with zero attached hydrogens (tertiary/aromatic N) is 3. The van der Waals surface area contributed by atoms with Crippen LogP contribution in [0.4, 0.5) is 0 Å². The SMILES string of the molecule is Cn1ccnc1C1C(C(=O)O)CC(=O)N1CC1(c2ccccc2)CC1. The molecule has 2 atom stereocenters. The molecule has 2 fully saturated rings. The number of aryl methyl sites for hydroxylation is 1. The number of aliphatic carboxylic acids is 1. The van der Waals surface area contributed by atoms with Crippen LogP contribution >= 0.6 is 0 Å². The number of amides is 1. The number of hydrogen-bond donors (Lipinski definition) is 1. The number of aromatic nitrogens is 2. The zero-order chi connectivity index (χ0) is 17.6. The number of likely N-dealkylation sites (tertiary alicyclic amines) is 1. The van der Waals surface area contributed by atoms with E-state index in [0.717, 1.165) is 12.8 Å². The highest BCUT2D eigenvalue weighted by molar-refractivity contribution is 5.87. The first-order valence-electron chi connectivity index (χ1n) is 8.57. The largest absolute Gasteiger partial charge is 0.481 e. The fourth-order valence-electron chi connectivity index (χ4n) is 3.99. The van der Waals surface area contributed by atoms with Crippen molar-refractivity contribution < 1.29 is 14.7 Å². The molecule has 2 heterocycles. The summed E-state index contributed by atoms with van der Waals surface area (Å²) in [7, 11) is 1.84. The van der Waals surface area contributed by atoms with Gasteiger partial charge in [0.15, 0.2) is 0 Å². The van der Waals surface area contributed by atoms with E-state index >= 15 is 0 Å². The van der Waals surface area contributed by atoms with Crippen LogP contribution in [0.5, 0.6) is 0 Å². The van der Waals surface area contributed by atoms with E-state index < -0.39 is 17.9 Å². The second-order valence-electron chi connectivity index (χ2n) is 7.16. The maximum Gasteiger partial charge on any atom is 0.309 e. The lowest BCUT2D eigenvalue weighted by atomic mass is 9.94. The predicted molar refractivity (Wildman–Crippen MR) is 90.8 cm³/mol. The van der Waals surface area contributed by atoms with E-state index in [4.69, 9.17) is 0 Å². The summed E-state index contributed by atoms with van der Waals surface area (Å²) in [6.45, 7) is 0.553. The zero-order valence-corrected chi connectivity index (χ0v) is 14.1. The third-order valence-electron chi connectivity index (χ3n) is 5.58. The first-order valence-corrected chi connectivity index (χ1v) is 8.57. The lowest BCUT2D eigenvalue weighted by Gasteiger charge is -2.30. The van der Waals surface area contributed by atoms with Gasteiger partial charge in [0, 0.05) is 37.8 Å². The molecule has 1 aliphatic carbocycles. The van der Waals surface area contributed by atoms with Gasteiger partial charge in [-0.3, -0.25) is 9.59 Å². The molecule has 1 saturated heterocycles. The molecule has 25 heavy (non-hydrogen) atoms. The molecule has 1 aromatic heterocycles. The van der Waals surface area contributed by atoms with Crippen molar-refractivity contribution in [1.29, 1.82) is 0 Å². The normalized spacial score (nSPS) is 24.5. The van der Waals surface area contributed by atoms with Crippen LogP contribution in [0.25, 0.3) is 0 Å². The molecule has 2 aliphatic rings. The lowest BCUT2D eigenvalue weighted by molar-refractivity contribution is -0.142. The van der Waals surface area contributed by atoms with Crippen molar-refractivity contribution >= 4 is 11.9 Å². The fraction of sp³-hybridized carbons (Fsp3) is 0.421. The first-order chi connectivity index (χ1) is 12.0. The van der Waals surface area contributed by atoms with E-state index in [0.29, 0.717) is 12.4 Å². The minimum absolute atomic E-state index is 0.0394. The molecular weight excluding hydrogens is 318 g/mol. The molecule has 1 aliphatic heterocycles. The number of imidazole rings is 1. The number of benzene rings is 1. The topological polar surface area (TPSA) is 75.4 Å². The second kappa shape index (κ2) is 5.72. The molecule has 2 aromatic rings. The van der Waals surface area contributed by atoms with Crippen molar-refractivity contribution in [3.8, 4) is 0 Å². The fourth-order valence-corrected chi connectivity index (χ4v) is 3.99. The number of rotatable bonds is 5. The van der Waals surface area contributed by atoms with Crippen LogP contribution in [0.1, 0.15) is 36.7 Å². The maximum atomic E-state index is 12.7. The van der Waals surface area contributed by atoms with Crippen LogP contribution in [-0.2, 0) is 22.1 Å². The molecule has 130 valence electrons. The van der Waals surface area contributed by atoms with Crippen LogP contribution in [0.3, 0.4) is 0 Å². The van der Waals surface area contributed by atoms with Crippen molar-refractivity contribution in [2.45, 2.75) is 30.7 Å². The second-order valence-corrected chi connectivity index (χ2v) is 7.16. The van der Waals surface area contributed by atoms with Gasteiger partial charge in [0.1, 0.15) is 11.9 Å². The highest BCUT2D eigenvalue weighted by atomic mass is 16.4. The summed E-state index contributed by atoms with van der Waals surface area (Å²) in [6, 6.07) is 9.69. The third-order valence-corrected chi connectivity index (χ3v) is 5.58. The van der Waals surface area contributed by atoms with E-state index in [-0.39, 0.29) is 17.7 Å². The number of carboxylic acids is 1. The van der Waals surface area contributed by atoms with Crippen LogP contribution in [0, 0.1) is 5.92 Å². The van der Waals surface area contributed by atoms with E-state index in [1.807, 2.05) is 29.8 Å². The molecule has 1 amide bonds. The molecule has 0 radical (unpaired) electrons. The Balaban J connectivity index is 1.68. The molecular formula is C19H21N3O3. The quantitative estimate of drug-likeness (QED) is 0.905. The highest BCUT2D eigenvalue weighted by Gasteiger charge is 2.53. The Morgan fingerprint density at radius 3 is 2.60 bits per heavy atom. The van der Waals surface area contributed by atoms with Crippen molar-refractivity contribution in [1.82, 2.24) is 14.5 Å². The van der Waals surface area contributed by atoms with Crippen molar-refractivity contribution in [2.24, 2.45) is 13.0 Å². The Hall–Kier alpha value is -2.63. The Labute approximate surface area is 146 Å². The summed E-state index contributed by atoms with van der Waals surface area (Å²) < 4.78 is 1.81. The summed E-state index contributed by atoms with van der Waals surface area (Å²) in [5, 5.41) is 9.62. The molecule has 1 aromatic carbocycles.